The van der Waals surface area contributed by atoms with Crippen LogP contribution in [0.3, 0.4) is 0 Å². The number of hydrogen-bond acceptors (Lipinski definition) is 4. The van der Waals surface area contributed by atoms with Gasteiger partial charge in [-0.1, -0.05) is 38.7 Å². The van der Waals surface area contributed by atoms with Crippen molar-refractivity contribution < 1.29 is 23.0 Å². The van der Waals surface area contributed by atoms with Crippen molar-refractivity contribution in [1.82, 2.24) is 4.90 Å². The Balaban J connectivity index is 1.65. The van der Waals surface area contributed by atoms with Crippen LogP contribution >= 0.6 is 0 Å². The van der Waals surface area contributed by atoms with Crippen LogP contribution < -0.4 is 4.90 Å². The van der Waals surface area contributed by atoms with Crippen molar-refractivity contribution in [2.45, 2.75) is 51.3 Å². The van der Waals surface area contributed by atoms with E-state index in [-0.39, 0.29) is 0 Å². The Kier molecular flexibility index (Phi) is 9.55. The van der Waals surface area contributed by atoms with Crippen molar-refractivity contribution in [3.63, 3.8) is 0 Å². The number of benzene rings is 1. The van der Waals surface area contributed by atoms with E-state index in [0.717, 1.165) is 12.5 Å². The molecule has 1 saturated heterocycles. The molecule has 1 aliphatic heterocycles. The Morgan fingerprint density at radius 1 is 1.07 bits per heavy atom. The fraction of sp³-hybridized carbons (Fsp3) is 0.714. The van der Waals surface area contributed by atoms with Crippen LogP contribution in [0.5, 0.6) is 0 Å². The van der Waals surface area contributed by atoms with E-state index in [0.29, 0.717) is 51.6 Å². The van der Waals surface area contributed by atoms with Crippen LogP contribution in [-0.2, 0) is 10.9 Å². The average molecular weight is 403 g/mol. The van der Waals surface area contributed by atoms with Crippen LogP contribution in [0.1, 0.15) is 44.6 Å². The molecule has 7 heteroatoms. The SMILES string of the molecule is CCCCCCCOCC(O)CN1CCN(c2cccc(C(F)(F)F)c2)CC1. The smallest absolute Gasteiger partial charge is 0.389 e. The van der Waals surface area contributed by atoms with Crippen molar-refractivity contribution in [2.24, 2.45) is 0 Å². The number of nitrogens with zero attached hydrogens (tertiary/aromatic N) is 2. The Labute approximate surface area is 166 Å². The summed E-state index contributed by atoms with van der Waals surface area (Å²) in [5, 5.41) is 10.1. The van der Waals surface area contributed by atoms with Crippen LogP contribution in [0.15, 0.2) is 24.3 Å². The second kappa shape index (κ2) is 11.6. The van der Waals surface area contributed by atoms with Crippen LogP contribution in [0.25, 0.3) is 0 Å². The molecule has 0 bridgehead atoms. The number of rotatable bonds is 11. The minimum absolute atomic E-state index is 0.335. The summed E-state index contributed by atoms with van der Waals surface area (Å²) >= 11 is 0. The molecule has 28 heavy (non-hydrogen) atoms. The van der Waals surface area contributed by atoms with Gasteiger partial charge in [0.05, 0.1) is 18.3 Å². The molecule has 1 atom stereocenters. The molecule has 2 rings (SSSR count). The summed E-state index contributed by atoms with van der Waals surface area (Å²) in [6, 6.07) is 5.47. The Morgan fingerprint density at radius 2 is 1.79 bits per heavy atom. The summed E-state index contributed by atoms with van der Waals surface area (Å²) in [6.07, 6.45) is 1.06. The first-order valence-corrected chi connectivity index (χ1v) is 10.3. The summed E-state index contributed by atoms with van der Waals surface area (Å²) in [5.74, 6) is 0. The normalized spacial score (nSPS) is 17.1. The molecule has 1 aromatic rings. The molecule has 1 aliphatic rings. The predicted molar refractivity (Wildman–Crippen MR) is 106 cm³/mol. The van der Waals surface area contributed by atoms with Gasteiger partial charge in [-0.3, -0.25) is 4.90 Å². The maximum Gasteiger partial charge on any atom is 0.416 e. The van der Waals surface area contributed by atoms with Gasteiger partial charge in [-0.05, 0) is 24.6 Å². The minimum Gasteiger partial charge on any atom is -0.389 e. The number of ether oxygens (including phenoxy) is 1. The maximum atomic E-state index is 12.9. The van der Waals surface area contributed by atoms with Gasteiger partial charge >= 0.3 is 6.18 Å². The fourth-order valence-electron chi connectivity index (χ4n) is 3.45. The standard InChI is InChI=1S/C21H33F3N2O2/c1-2-3-4-5-6-14-28-17-20(27)16-25-10-12-26(13-11-25)19-9-7-8-18(15-19)21(22,23)24/h7-9,15,20,27H,2-6,10-14,16-17H2,1H3. The van der Waals surface area contributed by atoms with Gasteiger partial charge < -0.3 is 14.7 Å². The number of aliphatic hydroxyl groups is 1. The average Bonchev–Trinajstić information content (AvgIpc) is 2.67. The van der Waals surface area contributed by atoms with E-state index < -0.39 is 17.8 Å². The maximum absolute atomic E-state index is 12.9. The van der Waals surface area contributed by atoms with Crippen LogP contribution in [0.4, 0.5) is 18.9 Å². The summed E-state index contributed by atoms with van der Waals surface area (Å²) in [4.78, 5) is 4.10. The number of alkyl halides is 3. The third-order valence-corrected chi connectivity index (χ3v) is 5.08. The first-order chi connectivity index (χ1) is 13.4. The monoisotopic (exact) mass is 402 g/mol. The van der Waals surface area contributed by atoms with Gasteiger partial charge in [-0.25, -0.2) is 0 Å². The highest BCUT2D eigenvalue weighted by atomic mass is 19.4. The highest BCUT2D eigenvalue weighted by Gasteiger charge is 2.31. The van der Waals surface area contributed by atoms with Crippen LogP contribution in [-0.4, -0.2) is 62.0 Å². The zero-order valence-electron chi connectivity index (χ0n) is 16.8. The number of anilines is 1. The Bertz CT molecular complexity index is 561. The lowest BCUT2D eigenvalue weighted by molar-refractivity contribution is -0.137. The van der Waals surface area contributed by atoms with Gasteiger partial charge in [0.15, 0.2) is 0 Å². The van der Waals surface area contributed by atoms with E-state index in [2.05, 4.69) is 11.8 Å². The molecule has 1 unspecified atom stereocenters. The summed E-state index contributed by atoms with van der Waals surface area (Å²) in [5.41, 5.74) is -0.0175. The second-order valence-corrected chi connectivity index (χ2v) is 7.48. The van der Waals surface area contributed by atoms with E-state index >= 15 is 0 Å². The Hall–Kier alpha value is -1.31. The van der Waals surface area contributed by atoms with Gasteiger partial charge in [0.1, 0.15) is 0 Å². The molecule has 4 nitrogen and oxygen atoms in total. The van der Waals surface area contributed by atoms with Crippen molar-refractivity contribution >= 4 is 5.69 Å². The molecule has 160 valence electrons. The lowest BCUT2D eigenvalue weighted by atomic mass is 10.1. The third kappa shape index (κ3) is 7.97. The molecule has 0 radical (unpaired) electrons. The second-order valence-electron chi connectivity index (χ2n) is 7.48. The lowest BCUT2D eigenvalue weighted by Gasteiger charge is -2.37. The first-order valence-electron chi connectivity index (χ1n) is 10.3. The van der Waals surface area contributed by atoms with Gasteiger partial charge in [0, 0.05) is 45.0 Å². The predicted octanol–water partition coefficient (Wildman–Crippen LogP) is 4.18. The molecule has 1 aromatic carbocycles. The fourth-order valence-corrected chi connectivity index (χ4v) is 3.45. The van der Waals surface area contributed by atoms with Crippen molar-refractivity contribution in [3.05, 3.63) is 29.8 Å². The molecule has 0 aromatic heterocycles. The zero-order valence-corrected chi connectivity index (χ0v) is 16.8. The van der Waals surface area contributed by atoms with E-state index in [4.69, 9.17) is 4.74 Å². The Morgan fingerprint density at radius 3 is 2.46 bits per heavy atom. The number of halogens is 3. The van der Waals surface area contributed by atoms with E-state index in [1.54, 1.807) is 6.07 Å². The first kappa shape index (κ1) is 23.0. The zero-order chi connectivity index (χ0) is 20.4. The van der Waals surface area contributed by atoms with Gasteiger partial charge in [-0.2, -0.15) is 13.2 Å². The third-order valence-electron chi connectivity index (χ3n) is 5.08. The van der Waals surface area contributed by atoms with Crippen LogP contribution in [0.2, 0.25) is 0 Å². The molecule has 0 saturated carbocycles. The lowest BCUT2D eigenvalue weighted by Crippen LogP contribution is -2.49. The molecule has 1 heterocycles. The van der Waals surface area contributed by atoms with E-state index in [1.165, 1.54) is 37.8 Å². The molecule has 0 amide bonds. The number of hydrogen-bond donors (Lipinski definition) is 1. The summed E-state index contributed by atoms with van der Waals surface area (Å²) < 4.78 is 44.2. The largest absolute Gasteiger partial charge is 0.416 e. The topological polar surface area (TPSA) is 35.9 Å². The quantitative estimate of drug-likeness (QED) is 0.564. The van der Waals surface area contributed by atoms with E-state index in [1.807, 2.05) is 4.90 Å². The molecule has 0 spiro atoms. The van der Waals surface area contributed by atoms with Crippen molar-refractivity contribution in [2.75, 3.05) is 50.8 Å². The number of aliphatic hydroxyl groups excluding tert-OH is 1. The van der Waals surface area contributed by atoms with Gasteiger partial charge in [-0.15, -0.1) is 0 Å². The highest BCUT2D eigenvalue weighted by Crippen LogP contribution is 2.31. The summed E-state index contributed by atoms with van der Waals surface area (Å²) in [7, 11) is 0. The van der Waals surface area contributed by atoms with Crippen molar-refractivity contribution in [3.8, 4) is 0 Å². The number of piperazine rings is 1. The minimum atomic E-state index is -4.32. The molecular formula is C21H33F3N2O2. The molecular weight excluding hydrogens is 369 g/mol. The molecule has 0 aliphatic carbocycles. The number of β-amino-alcohol motifs (C(OH)–C–C–N with tert-alkyl or cyclic N) is 1. The van der Waals surface area contributed by atoms with Crippen molar-refractivity contribution in [1.29, 1.82) is 0 Å². The number of unbranched alkanes of at least 4 members (excludes halogenated alkanes) is 4. The van der Waals surface area contributed by atoms with Gasteiger partial charge in [0.25, 0.3) is 0 Å². The van der Waals surface area contributed by atoms with Gasteiger partial charge in [0.2, 0.25) is 0 Å². The highest BCUT2D eigenvalue weighted by molar-refractivity contribution is 5.49. The molecule has 1 fully saturated rings. The van der Waals surface area contributed by atoms with Crippen LogP contribution in [0, 0.1) is 0 Å². The van der Waals surface area contributed by atoms with E-state index in [9.17, 15) is 18.3 Å². The summed E-state index contributed by atoms with van der Waals surface area (Å²) in [6.45, 7) is 6.46. The molecule has 1 N–H and O–H groups in total.